The van der Waals surface area contributed by atoms with E-state index in [0.717, 1.165) is 17.7 Å². The van der Waals surface area contributed by atoms with Gasteiger partial charge in [0, 0.05) is 45.4 Å². The molecular formula is C24H29N5O7. The Morgan fingerprint density at radius 1 is 1.25 bits per heavy atom. The van der Waals surface area contributed by atoms with Gasteiger partial charge in [-0.3, -0.25) is 24.7 Å². The van der Waals surface area contributed by atoms with Crippen molar-refractivity contribution in [2.24, 2.45) is 0 Å². The van der Waals surface area contributed by atoms with Gasteiger partial charge in [-0.25, -0.2) is 9.78 Å². The number of aliphatic hydroxyl groups is 1. The summed E-state index contributed by atoms with van der Waals surface area (Å²) in [6, 6.07) is 7.18. The van der Waals surface area contributed by atoms with E-state index in [2.05, 4.69) is 0 Å². The Hall–Kier alpha value is -3.61. The van der Waals surface area contributed by atoms with Gasteiger partial charge in [0.1, 0.15) is 17.7 Å². The zero-order chi connectivity index (χ0) is 25.8. The predicted octanol–water partition coefficient (Wildman–Crippen LogP) is 1.90. The standard InChI is InChI=1S/C24H29N5O7/c1-26-10-11-27(21(31)14-26)13-17-12-16-4-3-9-28(23(16)25-22(17)20(15-30)35-2)24(32)36-19-7-5-18(6-8-19)29(33)34/h5-8,12,20,30H,3-4,9-11,13-15H2,1-2H3. The largest absolute Gasteiger partial charge is 0.420 e. The second-order valence-corrected chi connectivity index (χ2v) is 8.85. The second-order valence-electron chi connectivity index (χ2n) is 8.85. The molecule has 1 atom stereocenters. The first-order valence-electron chi connectivity index (χ1n) is 11.7. The summed E-state index contributed by atoms with van der Waals surface area (Å²) in [4.78, 5) is 45.8. The number of rotatable bonds is 7. The molecule has 1 unspecified atom stereocenters. The quantitative estimate of drug-likeness (QED) is 0.447. The van der Waals surface area contributed by atoms with Gasteiger partial charge in [0.15, 0.2) is 0 Å². The zero-order valence-corrected chi connectivity index (χ0v) is 20.3. The van der Waals surface area contributed by atoms with Crippen LogP contribution >= 0.6 is 0 Å². The molecule has 4 rings (SSSR count). The van der Waals surface area contributed by atoms with Crippen LogP contribution in [0.2, 0.25) is 0 Å². The average molecular weight is 500 g/mol. The number of aryl methyl sites for hydroxylation is 1. The Labute approximate surface area is 208 Å². The van der Waals surface area contributed by atoms with Crippen molar-refractivity contribution >= 4 is 23.5 Å². The molecule has 3 heterocycles. The number of anilines is 1. The summed E-state index contributed by atoms with van der Waals surface area (Å²) in [6.07, 6.45) is -0.0282. The molecule has 36 heavy (non-hydrogen) atoms. The third kappa shape index (κ3) is 5.45. The summed E-state index contributed by atoms with van der Waals surface area (Å²) < 4.78 is 10.9. The number of non-ortho nitro benzene ring substituents is 1. The van der Waals surface area contributed by atoms with Crippen LogP contribution in [0.1, 0.15) is 29.3 Å². The number of aliphatic hydroxyl groups excluding tert-OH is 1. The fourth-order valence-electron chi connectivity index (χ4n) is 4.40. The molecule has 1 aromatic heterocycles. The van der Waals surface area contributed by atoms with Crippen molar-refractivity contribution in [2.45, 2.75) is 25.5 Å². The number of nitro groups is 1. The lowest BCUT2D eigenvalue weighted by Gasteiger charge is -2.34. The van der Waals surface area contributed by atoms with Crippen molar-refractivity contribution in [1.29, 1.82) is 0 Å². The van der Waals surface area contributed by atoms with Gasteiger partial charge in [-0.05, 0) is 49.2 Å². The number of likely N-dealkylation sites (N-methyl/N-ethyl adjacent to an activating group) is 1. The van der Waals surface area contributed by atoms with Gasteiger partial charge in [0.25, 0.3) is 5.69 Å². The normalized spacial score (nSPS) is 17.0. The number of hydrogen-bond donors (Lipinski definition) is 1. The van der Waals surface area contributed by atoms with E-state index in [4.69, 9.17) is 14.5 Å². The number of carbonyl (C=O) groups is 2. The summed E-state index contributed by atoms with van der Waals surface area (Å²) in [6.45, 7) is 2.06. The van der Waals surface area contributed by atoms with Crippen molar-refractivity contribution in [2.75, 3.05) is 51.8 Å². The smallest absolute Gasteiger partial charge is 0.410 e. The number of benzene rings is 1. The number of nitrogens with zero attached hydrogens (tertiary/aromatic N) is 5. The van der Waals surface area contributed by atoms with Gasteiger partial charge in [-0.15, -0.1) is 0 Å². The molecule has 1 aromatic carbocycles. The van der Waals surface area contributed by atoms with Crippen LogP contribution in [0.3, 0.4) is 0 Å². The van der Waals surface area contributed by atoms with Crippen molar-refractivity contribution in [3.63, 3.8) is 0 Å². The number of nitro benzene ring substituents is 1. The number of pyridine rings is 1. The Morgan fingerprint density at radius 3 is 2.64 bits per heavy atom. The van der Waals surface area contributed by atoms with Crippen LogP contribution in [0, 0.1) is 10.1 Å². The second kappa shape index (κ2) is 11.0. The molecule has 1 N–H and O–H groups in total. The molecule has 1 fully saturated rings. The molecular weight excluding hydrogens is 470 g/mol. The molecule has 12 heteroatoms. The number of aromatic nitrogens is 1. The highest BCUT2D eigenvalue weighted by molar-refractivity contribution is 5.89. The number of hydrogen-bond acceptors (Lipinski definition) is 9. The Bertz CT molecular complexity index is 1140. The van der Waals surface area contributed by atoms with E-state index in [9.17, 15) is 24.8 Å². The van der Waals surface area contributed by atoms with Gasteiger partial charge in [0.05, 0.1) is 23.8 Å². The highest BCUT2D eigenvalue weighted by atomic mass is 16.6. The molecule has 0 radical (unpaired) electrons. The van der Waals surface area contributed by atoms with Crippen LogP contribution in [0.15, 0.2) is 30.3 Å². The summed E-state index contributed by atoms with van der Waals surface area (Å²) >= 11 is 0. The summed E-state index contributed by atoms with van der Waals surface area (Å²) in [5.41, 5.74) is 1.94. The van der Waals surface area contributed by atoms with E-state index >= 15 is 0 Å². The summed E-state index contributed by atoms with van der Waals surface area (Å²) in [5, 5.41) is 20.8. The van der Waals surface area contributed by atoms with Crippen LogP contribution in [-0.4, -0.2) is 83.8 Å². The maximum atomic E-state index is 13.0. The van der Waals surface area contributed by atoms with Crippen LogP contribution in [0.25, 0.3) is 0 Å². The highest BCUT2D eigenvalue weighted by Crippen LogP contribution is 2.32. The molecule has 1 saturated heterocycles. The molecule has 0 bridgehead atoms. The van der Waals surface area contributed by atoms with Gasteiger partial charge < -0.3 is 19.5 Å². The minimum Gasteiger partial charge on any atom is -0.410 e. The molecule has 0 saturated carbocycles. The van der Waals surface area contributed by atoms with Crippen LogP contribution in [0.5, 0.6) is 5.75 Å². The van der Waals surface area contributed by atoms with E-state index in [1.165, 1.54) is 36.3 Å². The molecule has 0 spiro atoms. The lowest BCUT2D eigenvalue weighted by Crippen LogP contribution is -2.48. The SMILES string of the molecule is COC(CO)c1nc2c(cc1CN1CCN(C)CC1=O)CCCN2C(=O)Oc1ccc([N+](=O)[O-])cc1. The molecule has 12 nitrogen and oxygen atoms in total. The maximum Gasteiger partial charge on any atom is 0.420 e. The summed E-state index contributed by atoms with van der Waals surface area (Å²) in [5.74, 6) is 0.596. The predicted molar refractivity (Wildman–Crippen MR) is 129 cm³/mol. The molecule has 0 aliphatic carbocycles. The van der Waals surface area contributed by atoms with Gasteiger partial charge in [-0.2, -0.15) is 0 Å². The Balaban J connectivity index is 1.62. The van der Waals surface area contributed by atoms with Crippen molar-refractivity contribution in [3.05, 3.63) is 57.3 Å². The Morgan fingerprint density at radius 2 is 2.00 bits per heavy atom. The first-order valence-corrected chi connectivity index (χ1v) is 11.7. The van der Waals surface area contributed by atoms with Crippen LogP contribution in [0.4, 0.5) is 16.3 Å². The van der Waals surface area contributed by atoms with E-state index < -0.39 is 17.1 Å². The van der Waals surface area contributed by atoms with E-state index in [-0.39, 0.29) is 24.0 Å². The lowest BCUT2D eigenvalue weighted by molar-refractivity contribution is -0.384. The average Bonchev–Trinajstić information content (AvgIpc) is 2.86. The Kier molecular flexibility index (Phi) is 7.77. The van der Waals surface area contributed by atoms with E-state index in [0.29, 0.717) is 50.5 Å². The minimum atomic E-state index is -0.734. The monoisotopic (exact) mass is 499 g/mol. The number of piperazine rings is 1. The zero-order valence-electron chi connectivity index (χ0n) is 20.3. The van der Waals surface area contributed by atoms with E-state index in [1.807, 2.05) is 18.0 Å². The number of fused-ring (bicyclic) bond motifs is 1. The molecule has 2 aliphatic rings. The van der Waals surface area contributed by atoms with Gasteiger partial charge >= 0.3 is 6.09 Å². The van der Waals surface area contributed by atoms with Crippen LogP contribution in [-0.2, 0) is 22.5 Å². The number of carbonyl (C=O) groups excluding carboxylic acids is 2. The molecule has 2 amide bonds. The third-order valence-corrected chi connectivity index (χ3v) is 6.37. The first-order chi connectivity index (χ1) is 17.3. The first kappa shape index (κ1) is 25.5. The molecule has 192 valence electrons. The molecule has 2 aromatic rings. The van der Waals surface area contributed by atoms with Gasteiger partial charge in [0.2, 0.25) is 5.91 Å². The number of ether oxygens (including phenoxy) is 2. The summed E-state index contributed by atoms with van der Waals surface area (Å²) in [7, 11) is 3.37. The van der Waals surface area contributed by atoms with Crippen molar-refractivity contribution in [1.82, 2.24) is 14.8 Å². The van der Waals surface area contributed by atoms with Crippen molar-refractivity contribution < 1.29 is 29.1 Å². The van der Waals surface area contributed by atoms with Crippen molar-refractivity contribution in [3.8, 4) is 5.75 Å². The maximum absolute atomic E-state index is 13.0. The third-order valence-electron chi connectivity index (χ3n) is 6.37. The van der Waals surface area contributed by atoms with Gasteiger partial charge in [-0.1, -0.05) is 0 Å². The van der Waals surface area contributed by atoms with Crippen LogP contribution < -0.4 is 9.64 Å². The number of amides is 2. The van der Waals surface area contributed by atoms with E-state index in [1.54, 1.807) is 4.90 Å². The molecule has 2 aliphatic heterocycles. The number of methoxy groups -OCH3 is 1. The fourth-order valence-corrected chi connectivity index (χ4v) is 4.40. The lowest BCUT2D eigenvalue weighted by atomic mass is 9.99. The minimum absolute atomic E-state index is 0.0127. The fraction of sp³-hybridized carbons (Fsp3) is 0.458. The topological polar surface area (TPSA) is 139 Å². The highest BCUT2D eigenvalue weighted by Gasteiger charge is 2.31.